The first-order chi connectivity index (χ1) is 8.06. The third kappa shape index (κ3) is 2.57. The average molecular weight is 248 g/mol. The number of nitrogens with two attached hydrogens (primary N) is 1. The lowest BCUT2D eigenvalue weighted by molar-refractivity contribution is 0.0697. The Labute approximate surface area is 103 Å². The first kappa shape index (κ1) is 11.5. The fourth-order valence-corrected chi connectivity index (χ4v) is 1.83. The van der Waals surface area contributed by atoms with Crippen molar-refractivity contribution in [1.82, 2.24) is 0 Å². The number of benzene rings is 2. The normalized spacial score (nSPS) is 10.2. The first-order valence-electron chi connectivity index (χ1n) is 4.96. The number of carbonyl (C=O) groups is 1. The molecule has 0 spiro atoms. The van der Waals surface area contributed by atoms with E-state index in [0.29, 0.717) is 10.7 Å². The van der Waals surface area contributed by atoms with E-state index in [-0.39, 0.29) is 5.56 Å². The predicted molar refractivity (Wildman–Crippen MR) is 68.3 cm³/mol. The van der Waals surface area contributed by atoms with Gasteiger partial charge in [0.15, 0.2) is 0 Å². The number of hydrogen-bond acceptors (Lipinski definition) is 2. The number of aromatic carboxylic acids is 1. The van der Waals surface area contributed by atoms with Crippen molar-refractivity contribution in [2.45, 2.75) is 0 Å². The summed E-state index contributed by atoms with van der Waals surface area (Å²) in [7, 11) is 0. The van der Waals surface area contributed by atoms with Gasteiger partial charge in [0, 0.05) is 10.7 Å². The maximum Gasteiger partial charge on any atom is 0.335 e. The number of carboxylic acids is 1. The fraction of sp³-hybridized carbons (Fsp3) is 0. The van der Waals surface area contributed by atoms with E-state index in [0.717, 1.165) is 11.1 Å². The summed E-state index contributed by atoms with van der Waals surface area (Å²) < 4.78 is 0. The average Bonchev–Trinajstić information content (AvgIpc) is 2.28. The molecular weight excluding hydrogens is 238 g/mol. The number of carboxylic acid groups (broad SMARTS) is 1. The Hall–Kier alpha value is -2.00. The fourth-order valence-electron chi connectivity index (χ4n) is 1.58. The van der Waals surface area contributed by atoms with Gasteiger partial charge in [-0.25, -0.2) is 4.79 Å². The summed E-state index contributed by atoms with van der Waals surface area (Å²) in [6.45, 7) is 0. The van der Waals surface area contributed by atoms with Crippen LogP contribution in [0.5, 0.6) is 0 Å². The van der Waals surface area contributed by atoms with Gasteiger partial charge in [-0.15, -0.1) is 0 Å². The van der Waals surface area contributed by atoms with Gasteiger partial charge in [0.1, 0.15) is 0 Å². The molecule has 0 fully saturated rings. The molecule has 3 nitrogen and oxygen atoms in total. The maximum absolute atomic E-state index is 10.7. The Morgan fingerprint density at radius 3 is 2.24 bits per heavy atom. The molecule has 0 aliphatic carbocycles. The van der Waals surface area contributed by atoms with E-state index in [9.17, 15) is 4.79 Å². The van der Waals surface area contributed by atoms with Crippen molar-refractivity contribution in [2.24, 2.45) is 0 Å². The molecule has 0 aliphatic heterocycles. The van der Waals surface area contributed by atoms with Crippen molar-refractivity contribution in [3.63, 3.8) is 0 Å². The van der Waals surface area contributed by atoms with Crippen molar-refractivity contribution < 1.29 is 9.90 Å². The van der Waals surface area contributed by atoms with E-state index in [1.807, 2.05) is 0 Å². The van der Waals surface area contributed by atoms with Crippen molar-refractivity contribution >= 4 is 23.3 Å². The van der Waals surface area contributed by atoms with Crippen LogP contribution in [0.1, 0.15) is 10.4 Å². The minimum atomic E-state index is -0.942. The monoisotopic (exact) mass is 247 g/mol. The van der Waals surface area contributed by atoms with Crippen LogP contribution in [0.3, 0.4) is 0 Å². The highest BCUT2D eigenvalue weighted by molar-refractivity contribution is 6.31. The summed E-state index contributed by atoms with van der Waals surface area (Å²) in [5, 5.41) is 9.35. The van der Waals surface area contributed by atoms with E-state index < -0.39 is 5.97 Å². The van der Waals surface area contributed by atoms with Crippen LogP contribution >= 0.6 is 11.6 Å². The van der Waals surface area contributed by atoms with Gasteiger partial charge in [-0.3, -0.25) is 0 Å². The molecule has 2 aromatic rings. The number of rotatable bonds is 2. The molecule has 0 unspecified atom stereocenters. The van der Waals surface area contributed by atoms with Crippen molar-refractivity contribution in [3.05, 3.63) is 53.1 Å². The minimum absolute atomic E-state index is 0.253. The Balaban J connectivity index is 2.43. The molecule has 2 rings (SSSR count). The molecule has 2 aromatic carbocycles. The smallest absolute Gasteiger partial charge is 0.335 e. The zero-order chi connectivity index (χ0) is 12.4. The molecule has 4 heteroatoms. The van der Waals surface area contributed by atoms with Gasteiger partial charge < -0.3 is 10.8 Å². The molecule has 86 valence electrons. The molecule has 0 radical (unpaired) electrons. The Bertz CT molecular complexity index is 544. The number of anilines is 1. The molecule has 0 saturated heterocycles. The molecule has 0 saturated carbocycles. The maximum atomic E-state index is 10.7. The Kier molecular flexibility index (Phi) is 3.02. The summed E-state index contributed by atoms with van der Waals surface area (Å²) in [6, 6.07) is 11.8. The van der Waals surface area contributed by atoms with Gasteiger partial charge in [0.2, 0.25) is 0 Å². The molecular formula is C13H10ClNO2. The summed E-state index contributed by atoms with van der Waals surface area (Å²) in [5.41, 5.74) is 8.27. The van der Waals surface area contributed by atoms with Gasteiger partial charge >= 0.3 is 5.97 Å². The second kappa shape index (κ2) is 4.47. The molecule has 0 bridgehead atoms. The van der Waals surface area contributed by atoms with Crippen LogP contribution in [0.15, 0.2) is 42.5 Å². The third-order valence-electron chi connectivity index (χ3n) is 2.39. The topological polar surface area (TPSA) is 63.3 Å². The van der Waals surface area contributed by atoms with Gasteiger partial charge in [-0.05, 0) is 41.5 Å². The lowest BCUT2D eigenvalue weighted by atomic mass is 10.0. The molecule has 0 aromatic heterocycles. The SMILES string of the molecule is Nc1cc(Cl)cc(-c2ccc(C(=O)O)cc2)c1. The highest BCUT2D eigenvalue weighted by Gasteiger charge is 2.04. The van der Waals surface area contributed by atoms with E-state index in [1.165, 1.54) is 0 Å². The van der Waals surface area contributed by atoms with Gasteiger partial charge in [0.05, 0.1) is 5.56 Å². The minimum Gasteiger partial charge on any atom is -0.478 e. The van der Waals surface area contributed by atoms with E-state index >= 15 is 0 Å². The molecule has 0 heterocycles. The van der Waals surface area contributed by atoms with Crippen LogP contribution in [0.4, 0.5) is 5.69 Å². The van der Waals surface area contributed by atoms with E-state index in [4.69, 9.17) is 22.4 Å². The zero-order valence-electron chi connectivity index (χ0n) is 8.85. The standard InChI is InChI=1S/C13H10ClNO2/c14-11-5-10(6-12(15)7-11)8-1-3-9(4-2-8)13(16)17/h1-7H,15H2,(H,16,17). The van der Waals surface area contributed by atoms with Crippen LogP contribution in [0.25, 0.3) is 11.1 Å². The van der Waals surface area contributed by atoms with Gasteiger partial charge in [0.25, 0.3) is 0 Å². The lowest BCUT2D eigenvalue weighted by Crippen LogP contribution is -1.95. The van der Waals surface area contributed by atoms with Crippen molar-refractivity contribution in [1.29, 1.82) is 0 Å². The summed E-state index contributed by atoms with van der Waals surface area (Å²) in [4.78, 5) is 10.7. The van der Waals surface area contributed by atoms with Gasteiger partial charge in [-0.1, -0.05) is 23.7 Å². The first-order valence-corrected chi connectivity index (χ1v) is 5.34. The molecule has 17 heavy (non-hydrogen) atoms. The number of nitrogen functional groups attached to an aromatic ring is 1. The van der Waals surface area contributed by atoms with Crippen LogP contribution < -0.4 is 5.73 Å². The molecule has 0 atom stereocenters. The van der Waals surface area contributed by atoms with Crippen LogP contribution in [0, 0.1) is 0 Å². The quantitative estimate of drug-likeness (QED) is 0.801. The molecule has 3 N–H and O–H groups in total. The van der Waals surface area contributed by atoms with E-state index in [1.54, 1.807) is 42.5 Å². The Morgan fingerprint density at radius 2 is 1.71 bits per heavy atom. The van der Waals surface area contributed by atoms with Crippen molar-refractivity contribution in [2.75, 3.05) is 5.73 Å². The largest absolute Gasteiger partial charge is 0.478 e. The van der Waals surface area contributed by atoms with Crippen LogP contribution in [-0.2, 0) is 0 Å². The number of halogens is 1. The third-order valence-corrected chi connectivity index (χ3v) is 2.60. The Morgan fingerprint density at radius 1 is 1.06 bits per heavy atom. The second-order valence-corrected chi connectivity index (χ2v) is 4.09. The zero-order valence-corrected chi connectivity index (χ0v) is 9.61. The number of hydrogen-bond donors (Lipinski definition) is 2. The predicted octanol–water partition coefficient (Wildman–Crippen LogP) is 3.29. The lowest BCUT2D eigenvalue weighted by Gasteiger charge is -2.04. The summed E-state index contributed by atoms with van der Waals surface area (Å²) in [5.74, 6) is -0.942. The second-order valence-electron chi connectivity index (χ2n) is 3.66. The van der Waals surface area contributed by atoms with Crippen LogP contribution in [-0.4, -0.2) is 11.1 Å². The summed E-state index contributed by atoms with van der Waals surface area (Å²) in [6.07, 6.45) is 0. The molecule has 0 aliphatic rings. The van der Waals surface area contributed by atoms with E-state index in [2.05, 4.69) is 0 Å². The highest BCUT2D eigenvalue weighted by Crippen LogP contribution is 2.26. The van der Waals surface area contributed by atoms with Crippen molar-refractivity contribution in [3.8, 4) is 11.1 Å². The van der Waals surface area contributed by atoms with Gasteiger partial charge in [-0.2, -0.15) is 0 Å². The van der Waals surface area contributed by atoms with Crippen LogP contribution in [0.2, 0.25) is 5.02 Å². The highest BCUT2D eigenvalue weighted by atomic mass is 35.5. The summed E-state index contributed by atoms with van der Waals surface area (Å²) >= 11 is 5.91. The molecule has 0 amide bonds.